The summed E-state index contributed by atoms with van der Waals surface area (Å²) >= 11 is 0. The molecule has 1 unspecified atom stereocenters. The zero-order chi connectivity index (χ0) is 12.8. The largest absolute Gasteiger partial charge is 0.398 e. The molecule has 0 saturated carbocycles. The van der Waals surface area contributed by atoms with Crippen molar-refractivity contribution in [2.75, 3.05) is 24.3 Å². The van der Waals surface area contributed by atoms with Crippen molar-refractivity contribution in [1.82, 2.24) is 0 Å². The van der Waals surface area contributed by atoms with E-state index in [1.807, 2.05) is 13.8 Å². The standard InChI is InChI=1S/C11H17N3O3/c1-3-17-7-8(2)13-10-4-9(12)5-11(6-10)14(15)16/h4-6,8,13H,3,7,12H2,1-2H3. The van der Waals surface area contributed by atoms with Crippen molar-refractivity contribution >= 4 is 17.1 Å². The van der Waals surface area contributed by atoms with E-state index < -0.39 is 4.92 Å². The maximum atomic E-state index is 10.7. The molecule has 0 heterocycles. The number of ether oxygens (including phenoxy) is 1. The van der Waals surface area contributed by atoms with Gasteiger partial charge in [0.05, 0.1) is 11.5 Å². The lowest BCUT2D eigenvalue weighted by molar-refractivity contribution is -0.384. The number of benzene rings is 1. The molecule has 0 fully saturated rings. The molecule has 3 N–H and O–H groups in total. The Balaban J connectivity index is 2.73. The lowest BCUT2D eigenvalue weighted by atomic mass is 10.2. The lowest BCUT2D eigenvalue weighted by Crippen LogP contribution is -2.21. The van der Waals surface area contributed by atoms with Gasteiger partial charge in [-0.1, -0.05) is 0 Å². The number of nitro groups is 1. The van der Waals surface area contributed by atoms with E-state index in [9.17, 15) is 10.1 Å². The summed E-state index contributed by atoms with van der Waals surface area (Å²) in [6, 6.07) is 4.52. The molecule has 6 heteroatoms. The fourth-order valence-corrected chi connectivity index (χ4v) is 1.44. The third-order valence-electron chi connectivity index (χ3n) is 2.14. The molecule has 0 aliphatic carbocycles. The van der Waals surface area contributed by atoms with Crippen molar-refractivity contribution in [3.05, 3.63) is 28.3 Å². The van der Waals surface area contributed by atoms with Gasteiger partial charge in [-0.15, -0.1) is 0 Å². The van der Waals surface area contributed by atoms with Gasteiger partial charge in [-0.05, 0) is 19.9 Å². The molecule has 0 aliphatic rings. The molecule has 0 amide bonds. The summed E-state index contributed by atoms with van der Waals surface area (Å²) in [5.41, 5.74) is 6.57. The number of rotatable bonds is 6. The van der Waals surface area contributed by atoms with Crippen molar-refractivity contribution in [2.24, 2.45) is 0 Å². The maximum Gasteiger partial charge on any atom is 0.273 e. The third kappa shape index (κ3) is 4.28. The summed E-state index contributed by atoms with van der Waals surface area (Å²) in [7, 11) is 0. The molecule has 6 nitrogen and oxygen atoms in total. The number of hydrogen-bond donors (Lipinski definition) is 2. The smallest absolute Gasteiger partial charge is 0.273 e. The van der Waals surface area contributed by atoms with E-state index in [2.05, 4.69) is 5.32 Å². The Morgan fingerprint density at radius 2 is 2.24 bits per heavy atom. The average Bonchev–Trinajstić information content (AvgIpc) is 2.25. The third-order valence-corrected chi connectivity index (χ3v) is 2.14. The number of nitrogens with one attached hydrogen (secondary N) is 1. The fraction of sp³-hybridized carbons (Fsp3) is 0.455. The van der Waals surface area contributed by atoms with Crippen LogP contribution in [0.25, 0.3) is 0 Å². The van der Waals surface area contributed by atoms with Crippen molar-refractivity contribution in [1.29, 1.82) is 0 Å². The highest BCUT2D eigenvalue weighted by molar-refractivity contribution is 5.61. The Hall–Kier alpha value is -1.82. The van der Waals surface area contributed by atoms with E-state index in [1.54, 1.807) is 6.07 Å². The fourth-order valence-electron chi connectivity index (χ4n) is 1.44. The van der Waals surface area contributed by atoms with Gasteiger partial charge in [-0.2, -0.15) is 0 Å². The van der Waals surface area contributed by atoms with Gasteiger partial charge in [0, 0.05) is 36.2 Å². The van der Waals surface area contributed by atoms with Crippen LogP contribution in [-0.4, -0.2) is 24.2 Å². The second-order valence-corrected chi connectivity index (χ2v) is 3.78. The minimum absolute atomic E-state index is 0.0175. The lowest BCUT2D eigenvalue weighted by Gasteiger charge is -2.15. The van der Waals surface area contributed by atoms with E-state index in [0.717, 1.165) is 0 Å². The summed E-state index contributed by atoms with van der Waals surface area (Å²) < 4.78 is 5.25. The van der Waals surface area contributed by atoms with Crippen molar-refractivity contribution in [3.63, 3.8) is 0 Å². The highest BCUT2D eigenvalue weighted by atomic mass is 16.6. The maximum absolute atomic E-state index is 10.7. The quantitative estimate of drug-likeness (QED) is 0.450. The van der Waals surface area contributed by atoms with Crippen LogP contribution in [0.15, 0.2) is 18.2 Å². The van der Waals surface area contributed by atoms with E-state index in [1.165, 1.54) is 12.1 Å². The van der Waals surface area contributed by atoms with Gasteiger partial charge in [0.25, 0.3) is 5.69 Å². The van der Waals surface area contributed by atoms with E-state index >= 15 is 0 Å². The summed E-state index contributed by atoms with van der Waals surface area (Å²) in [5.74, 6) is 0. The van der Waals surface area contributed by atoms with Gasteiger partial charge >= 0.3 is 0 Å². The summed E-state index contributed by atoms with van der Waals surface area (Å²) in [5, 5.41) is 13.8. The molecule has 1 aromatic rings. The molecule has 1 rings (SSSR count). The zero-order valence-corrected chi connectivity index (χ0v) is 9.97. The number of nitro benzene ring substituents is 1. The van der Waals surface area contributed by atoms with Crippen molar-refractivity contribution in [2.45, 2.75) is 19.9 Å². The molecule has 1 atom stereocenters. The number of hydrogen-bond acceptors (Lipinski definition) is 5. The Kier molecular flexibility index (Phi) is 4.71. The second-order valence-electron chi connectivity index (χ2n) is 3.78. The minimum Gasteiger partial charge on any atom is -0.398 e. The Morgan fingerprint density at radius 3 is 2.82 bits per heavy atom. The molecular weight excluding hydrogens is 222 g/mol. The summed E-state index contributed by atoms with van der Waals surface area (Å²) in [6.45, 7) is 5.03. The van der Waals surface area contributed by atoms with Crippen molar-refractivity contribution < 1.29 is 9.66 Å². The number of nitrogens with two attached hydrogens (primary N) is 1. The first-order chi connectivity index (χ1) is 8.02. The highest BCUT2D eigenvalue weighted by Crippen LogP contribution is 2.22. The first-order valence-corrected chi connectivity index (χ1v) is 5.42. The van der Waals surface area contributed by atoms with Crippen LogP contribution in [0.1, 0.15) is 13.8 Å². The van der Waals surface area contributed by atoms with E-state index in [-0.39, 0.29) is 11.7 Å². The zero-order valence-electron chi connectivity index (χ0n) is 9.97. The second kappa shape index (κ2) is 6.05. The molecule has 0 spiro atoms. The van der Waals surface area contributed by atoms with Gasteiger partial charge in [0.2, 0.25) is 0 Å². The predicted octanol–water partition coefficient (Wildman–Crippen LogP) is 2.01. The molecule has 0 bridgehead atoms. The Bertz CT molecular complexity index is 396. The number of nitrogens with zero attached hydrogens (tertiary/aromatic N) is 1. The van der Waals surface area contributed by atoms with Gasteiger partial charge in [-0.25, -0.2) is 0 Å². The molecule has 0 aliphatic heterocycles. The SMILES string of the molecule is CCOCC(C)Nc1cc(N)cc([N+](=O)[O-])c1. The molecule has 0 radical (unpaired) electrons. The Labute approximate surface area is 99.9 Å². The van der Waals surface area contributed by atoms with Crippen LogP contribution in [0.2, 0.25) is 0 Å². The minimum atomic E-state index is -0.464. The van der Waals surface area contributed by atoms with Crippen LogP contribution >= 0.6 is 0 Å². The first kappa shape index (κ1) is 13.2. The summed E-state index contributed by atoms with van der Waals surface area (Å²) in [4.78, 5) is 10.2. The molecule has 0 aromatic heterocycles. The van der Waals surface area contributed by atoms with Crippen LogP contribution in [-0.2, 0) is 4.74 Å². The van der Waals surface area contributed by atoms with Gasteiger partial charge < -0.3 is 15.8 Å². The number of nitrogen functional groups attached to an aromatic ring is 1. The van der Waals surface area contributed by atoms with Gasteiger partial charge in [-0.3, -0.25) is 10.1 Å². The molecular formula is C11H17N3O3. The number of non-ortho nitro benzene ring substituents is 1. The highest BCUT2D eigenvalue weighted by Gasteiger charge is 2.10. The van der Waals surface area contributed by atoms with E-state index in [0.29, 0.717) is 24.6 Å². The van der Waals surface area contributed by atoms with Crippen LogP contribution in [0.3, 0.4) is 0 Å². The van der Waals surface area contributed by atoms with Crippen LogP contribution in [0.4, 0.5) is 17.1 Å². The Morgan fingerprint density at radius 1 is 1.53 bits per heavy atom. The van der Waals surface area contributed by atoms with Crippen LogP contribution in [0, 0.1) is 10.1 Å². The van der Waals surface area contributed by atoms with Crippen LogP contribution < -0.4 is 11.1 Å². The number of anilines is 2. The van der Waals surface area contributed by atoms with E-state index in [4.69, 9.17) is 10.5 Å². The molecule has 94 valence electrons. The molecule has 1 aromatic carbocycles. The predicted molar refractivity (Wildman–Crippen MR) is 67.1 cm³/mol. The molecule has 17 heavy (non-hydrogen) atoms. The topological polar surface area (TPSA) is 90.4 Å². The van der Waals surface area contributed by atoms with Crippen molar-refractivity contribution in [3.8, 4) is 0 Å². The van der Waals surface area contributed by atoms with Gasteiger partial charge in [0.1, 0.15) is 0 Å². The monoisotopic (exact) mass is 239 g/mol. The van der Waals surface area contributed by atoms with Gasteiger partial charge in [0.15, 0.2) is 0 Å². The first-order valence-electron chi connectivity index (χ1n) is 5.42. The summed E-state index contributed by atoms with van der Waals surface area (Å²) in [6.07, 6.45) is 0. The van der Waals surface area contributed by atoms with Crippen LogP contribution in [0.5, 0.6) is 0 Å². The normalized spacial score (nSPS) is 12.1. The average molecular weight is 239 g/mol. The molecule has 0 saturated heterocycles.